The van der Waals surface area contributed by atoms with Crippen molar-refractivity contribution >= 4 is 0 Å². The second kappa shape index (κ2) is 7.12. The fourth-order valence-corrected chi connectivity index (χ4v) is 3.65. The molecule has 0 N–H and O–H groups in total. The molecule has 1 aromatic rings. The van der Waals surface area contributed by atoms with Crippen LogP contribution in [0.1, 0.15) is 56.4 Å². The Morgan fingerprint density at radius 1 is 0.950 bits per heavy atom. The van der Waals surface area contributed by atoms with Gasteiger partial charge in [-0.25, -0.2) is 0 Å². The second-order valence-corrected chi connectivity index (χ2v) is 6.27. The van der Waals surface area contributed by atoms with Crippen molar-refractivity contribution in [1.29, 1.82) is 0 Å². The lowest BCUT2D eigenvalue weighted by Crippen LogP contribution is -2.25. The molecule has 1 heterocycles. The molecule has 0 radical (unpaired) electrons. The van der Waals surface area contributed by atoms with Crippen LogP contribution in [-0.4, -0.2) is 31.1 Å². The summed E-state index contributed by atoms with van der Waals surface area (Å²) in [5.74, 6) is 1.87. The van der Waals surface area contributed by atoms with Gasteiger partial charge in [0.2, 0.25) is 0 Å². The monoisotopic (exact) mass is 273 g/mol. The smallest absolute Gasteiger partial charge is 0.122 e. The molecule has 0 bridgehead atoms. The lowest BCUT2D eigenvalue weighted by atomic mass is 9.84. The van der Waals surface area contributed by atoms with Crippen molar-refractivity contribution in [3.63, 3.8) is 0 Å². The van der Waals surface area contributed by atoms with Gasteiger partial charge in [-0.2, -0.15) is 0 Å². The molecule has 1 saturated heterocycles. The molecule has 1 aliphatic carbocycles. The summed E-state index contributed by atoms with van der Waals surface area (Å²) in [5.41, 5.74) is 1.45. The van der Waals surface area contributed by atoms with Crippen LogP contribution in [0.25, 0.3) is 0 Å². The third-order valence-corrected chi connectivity index (χ3v) is 4.83. The maximum atomic E-state index is 6.11. The van der Waals surface area contributed by atoms with Gasteiger partial charge >= 0.3 is 0 Å². The highest BCUT2D eigenvalue weighted by Gasteiger charge is 2.19. The minimum atomic E-state index is 0.728. The van der Waals surface area contributed by atoms with Crippen molar-refractivity contribution in [2.75, 3.05) is 26.2 Å². The summed E-state index contributed by atoms with van der Waals surface area (Å²) in [7, 11) is 0. The predicted octanol–water partition coefficient (Wildman–Crippen LogP) is 4.21. The first-order chi connectivity index (χ1) is 9.93. The van der Waals surface area contributed by atoms with Gasteiger partial charge in [0.25, 0.3) is 0 Å². The highest BCUT2D eigenvalue weighted by molar-refractivity contribution is 5.36. The predicted molar refractivity (Wildman–Crippen MR) is 83.4 cm³/mol. The molecule has 2 fully saturated rings. The SMILES string of the molecule is c1ccc(C2CCCCC2)c(OCCN2CCCC2)c1. The third-order valence-electron chi connectivity index (χ3n) is 4.83. The molecular weight excluding hydrogens is 246 g/mol. The van der Waals surface area contributed by atoms with Gasteiger partial charge in [-0.3, -0.25) is 4.90 Å². The Labute approximate surface area is 123 Å². The van der Waals surface area contributed by atoms with E-state index in [1.54, 1.807) is 0 Å². The first-order valence-electron chi connectivity index (χ1n) is 8.37. The lowest BCUT2D eigenvalue weighted by Gasteiger charge is -2.24. The van der Waals surface area contributed by atoms with Gasteiger partial charge in [0.15, 0.2) is 0 Å². The number of benzene rings is 1. The summed E-state index contributed by atoms with van der Waals surface area (Å²) >= 11 is 0. The van der Waals surface area contributed by atoms with Crippen molar-refractivity contribution < 1.29 is 4.74 Å². The lowest BCUT2D eigenvalue weighted by molar-refractivity contribution is 0.234. The fraction of sp³-hybridized carbons (Fsp3) is 0.667. The highest BCUT2D eigenvalue weighted by atomic mass is 16.5. The Morgan fingerprint density at radius 3 is 2.50 bits per heavy atom. The minimum Gasteiger partial charge on any atom is -0.492 e. The maximum Gasteiger partial charge on any atom is 0.122 e. The number of hydrogen-bond donors (Lipinski definition) is 0. The summed E-state index contributed by atoms with van der Waals surface area (Å²) in [4.78, 5) is 2.52. The number of hydrogen-bond acceptors (Lipinski definition) is 2. The molecule has 2 nitrogen and oxygen atoms in total. The van der Waals surface area contributed by atoms with E-state index in [2.05, 4.69) is 29.2 Å². The van der Waals surface area contributed by atoms with Crippen molar-refractivity contribution in [2.45, 2.75) is 50.9 Å². The van der Waals surface area contributed by atoms with Crippen LogP contribution >= 0.6 is 0 Å². The van der Waals surface area contributed by atoms with E-state index in [4.69, 9.17) is 4.74 Å². The van der Waals surface area contributed by atoms with Crippen LogP contribution in [0, 0.1) is 0 Å². The molecule has 2 aliphatic rings. The number of likely N-dealkylation sites (tertiary alicyclic amines) is 1. The molecule has 2 heteroatoms. The largest absolute Gasteiger partial charge is 0.492 e. The zero-order valence-electron chi connectivity index (χ0n) is 12.5. The standard InChI is InChI=1S/C18H27NO/c1-2-8-16(9-3-1)17-10-4-5-11-18(17)20-15-14-19-12-6-7-13-19/h4-5,10-11,16H,1-3,6-9,12-15H2. The minimum absolute atomic E-state index is 0.728. The summed E-state index contributed by atoms with van der Waals surface area (Å²) in [6.07, 6.45) is 9.57. The van der Waals surface area contributed by atoms with Crippen molar-refractivity contribution in [3.05, 3.63) is 29.8 Å². The molecule has 1 aromatic carbocycles. The number of ether oxygens (including phenoxy) is 1. The summed E-state index contributed by atoms with van der Waals surface area (Å²) in [6.45, 7) is 4.43. The highest BCUT2D eigenvalue weighted by Crippen LogP contribution is 2.37. The van der Waals surface area contributed by atoms with E-state index in [0.29, 0.717) is 0 Å². The molecule has 3 rings (SSSR count). The third kappa shape index (κ3) is 3.54. The number of para-hydroxylation sites is 1. The van der Waals surface area contributed by atoms with Gasteiger partial charge in [-0.15, -0.1) is 0 Å². The van der Waals surface area contributed by atoms with Crippen molar-refractivity contribution in [2.24, 2.45) is 0 Å². The van der Waals surface area contributed by atoms with E-state index in [9.17, 15) is 0 Å². The van der Waals surface area contributed by atoms with Gasteiger partial charge in [0.1, 0.15) is 12.4 Å². The van der Waals surface area contributed by atoms with Crippen LogP contribution in [0.5, 0.6) is 5.75 Å². The van der Waals surface area contributed by atoms with Crippen molar-refractivity contribution in [1.82, 2.24) is 4.90 Å². The summed E-state index contributed by atoms with van der Waals surface area (Å²) in [5, 5.41) is 0. The Balaban J connectivity index is 1.57. The van der Waals surface area contributed by atoms with E-state index in [-0.39, 0.29) is 0 Å². The Bertz CT molecular complexity index is 406. The molecular formula is C18H27NO. The topological polar surface area (TPSA) is 12.5 Å². The molecule has 0 aromatic heterocycles. The summed E-state index contributed by atoms with van der Waals surface area (Å²) < 4.78 is 6.11. The molecule has 0 unspecified atom stereocenters. The molecule has 0 atom stereocenters. The van der Waals surface area contributed by atoms with E-state index in [1.807, 2.05) is 0 Å². The average Bonchev–Trinajstić information content (AvgIpc) is 3.02. The van der Waals surface area contributed by atoms with Crippen LogP contribution in [0.3, 0.4) is 0 Å². The first-order valence-corrected chi connectivity index (χ1v) is 8.37. The van der Waals surface area contributed by atoms with Crippen molar-refractivity contribution in [3.8, 4) is 5.75 Å². The average molecular weight is 273 g/mol. The van der Waals surface area contributed by atoms with Gasteiger partial charge in [-0.1, -0.05) is 37.5 Å². The summed E-state index contributed by atoms with van der Waals surface area (Å²) in [6, 6.07) is 8.71. The Hall–Kier alpha value is -1.02. The van der Waals surface area contributed by atoms with E-state index >= 15 is 0 Å². The fourth-order valence-electron chi connectivity index (χ4n) is 3.65. The first kappa shape index (κ1) is 13.9. The van der Waals surface area contributed by atoms with Gasteiger partial charge in [0.05, 0.1) is 0 Å². The second-order valence-electron chi connectivity index (χ2n) is 6.27. The molecule has 1 aliphatic heterocycles. The molecule has 1 saturated carbocycles. The zero-order valence-corrected chi connectivity index (χ0v) is 12.5. The van der Waals surface area contributed by atoms with Crippen LogP contribution in [-0.2, 0) is 0 Å². The van der Waals surface area contributed by atoms with E-state index in [1.165, 1.54) is 63.6 Å². The Kier molecular flexibility index (Phi) is 4.96. The molecule has 0 amide bonds. The molecule has 0 spiro atoms. The molecule has 20 heavy (non-hydrogen) atoms. The van der Waals surface area contributed by atoms with Gasteiger partial charge in [-0.05, 0) is 56.3 Å². The van der Waals surface area contributed by atoms with Gasteiger partial charge < -0.3 is 4.74 Å². The van der Waals surface area contributed by atoms with E-state index < -0.39 is 0 Å². The quantitative estimate of drug-likeness (QED) is 0.797. The maximum absolute atomic E-state index is 6.11. The Morgan fingerprint density at radius 2 is 1.70 bits per heavy atom. The van der Waals surface area contributed by atoms with Crippen LogP contribution in [0.4, 0.5) is 0 Å². The van der Waals surface area contributed by atoms with Gasteiger partial charge in [0, 0.05) is 6.54 Å². The van der Waals surface area contributed by atoms with Crippen LogP contribution in [0.2, 0.25) is 0 Å². The molecule has 110 valence electrons. The number of rotatable bonds is 5. The zero-order chi connectivity index (χ0) is 13.6. The van der Waals surface area contributed by atoms with E-state index in [0.717, 1.165) is 24.8 Å². The van der Waals surface area contributed by atoms with Crippen LogP contribution in [0.15, 0.2) is 24.3 Å². The normalized spacial score (nSPS) is 21.2. The van der Waals surface area contributed by atoms with Crippen LogP contribution < -0.4 is 4.74 Å². The number of nitrogens with zero attached hydrogens (tertiary/aromatic N) is 1.